The van der Waals surface area contributed by atoms with Crippen molar-refractivity contribution in [2.75, 3.05) is 19.7 Å². The number of hydrogen-bond acceptors (Lipinski definition) is 3. The fourth-order valence-electron chi connectivity index (χ4n) is 2.78. The van der Waals surface area contributed by atoms with Crippen LogP contribution in [0.25, 0.3) is 0 Å². The summed E-state index contributed by atoms with van der Waals surface area (Å²) >= 11 is 11.9. The number of ether oxygens (including phenoxy) is 1. The van der Waals surface area contributed by atoms with Gasteiger partial charge in [-0.25, -0.2) is 0 Å². The molecule has 1 atom stereocenters. The summed E-state index contributed by atoms with van der Waals surface area (Å²) in [6.45, 7) is 3.97. The molecule has 0 bridgehead atoms. The van der Waals surface area contributed by atoms with Crippen LogP contribution in [0.1, 0.15) is 32.6 Å². The second-order valence-corrected chi connectivity index (χ2v) is 7.03. The molecule has 2 N–H and O–H groups in total. The largest absolute Gasteiger partial charge is 0.489 e. The average molecular weight is 332 g/mol. The maximum absolute atomic E-state index is 9.96. The SMILES string of the molecule is CC1(CNCC(O)COc2cc(Cl)ccc2Cl)CCCC1. The molecule has 0 aliphatic heterocycles. The number of aliphatic hydroxyl groups excluding tert-OH is 1. The maximum atomic E-state index is 9.96. The third kappa shape index (κ3) is 5.33. The van der Waals surface area contributed by atoms with Crippen LogP contribution in [0.2, 0.25) is 10.0 Å². The minimum atomic E-state index is -0.565. The zero-order valence-electron chi connectivity index (χ0n) is 12.4. The van der Waals surface area contributed by atoms with Crippen molar-refractivity contribution in [3.8, 4) is 5.75 Å². The molecule has 5 heteroatoms. The van der Waals surface area contributed by atoms with Gasteiger partial charge in [0.1, 0.15) is 18.5 Å². The first-order valence-corrected chi connectivity index (χ1v) is 8.21. The Morgan fingerprint density at radius 2 is 2.05 bits per heavy atom. The van der Waals surface area contributed by atoms with E-state index in [1.807, 2.05) is 0 Å². The van der Waals surface area contributed by atoms with E-state index in [0.29, 0.717) is 27.8 Å². The summed E-state index contributed by atoms with van der Waals surface area (Å²) in [5.74, 6) is 0.506. The van der Waals surface area contributed by atoms with Gasteiger partial charge in [-0.15, -0.1) is 0 Å². The third-order valence-corrected chi connectivity index (χ3v) is 4.61. The topological polar surface area (TPSA) is 41.5 Å². The number of benzene rings is 1. The summed E-state index contributed by atoms with van der Waals surface area (Å²) in [4.78, 5) is 0. The molecule has 1 aliphatic rings. The first-order valence-electron chi connectivity index (χ1n) is 7.45. The third-order valence-electron chi connectivity index (χ3n) is 4.07. The maximum Gasteiger partial charge on any atom is 0.139 e. The lowest BCUT2D eigenvalue weighted by atomic mass is 9.89. The summed E-state index contributed by atoms with van der Waals surface area (Å²) < 4.78 is 5.52. The Labute approximate surface area is 136 Å². The van der Waals surface area contributed by atoms with E-state index in [4.69, 9.17) is 27.9 Å². The highest BCUT2D eigenvalue weighted by Crippen LogP contribution is 2.36. The van der Waals surface area contributed by atoms with Crippen LogP contribution in [0.3, 0.4) is 0 Å². The quantitative estimate of drug-likeness (QED) is 0.796. The van der Waals surface area contributed by atoms with Gasteiger partial charge in [0.05, 0.1) is 5.02 Å². The molecular weight excluding hydrogens is 309 g/mol. The van der Waals surface area contributed by atoms with E-state index in [9.17, 15) is 5.11 Å². The molecule has 1 unspecified atom stereocenters. The molecular formula is C16H23Cl2NO2. The van der Waals surface area contributed by atoms with E-state index in [0.717, 1.165) is 6.54 Å². The monoisotopic (exact) mass is 331 g/mol. The van der Waals surface area contributed by atoms with E-state index >= 15 is 0 Å². The Bertz CT molecular complexity index is 462. The summed E-state index contributed by atoms with van der Waals surface area (Å²) in [5.41, 5.74) is 0.386. The lowest BCUT2D eigenvalue weighted by Crippen LogP contribution is -2.37. The Kier molecular flexibility index (Phi) is 6.18. The molecule has 0 spiro atoms. The minimum Gasteiger partial charge on any atom is -0.489 e. The van der Waals surface area contributed by atoms with E-state index < -0.39 is 6.10 Å². The van der Waals surface area contributed by atoms with Gasteiger partial charge in [-0.2, -0.15) is 0 Å². The molecule has 1 aliphatic carbocycles. The zero-order valence-corrected chi connectivity index (χ0v) is 13.9. The highest BCUT2D eigenvalue weighted by Gasteiger charge is 2.28. The smallest absolute Gasteiger partial charge is 0.139 e. The van der Waals surface area contributed by atoms with Gasteiger partial charge in [0, 0.05) is 24.2 Å². The van der Waals surface area contributed by atoms with Crippen LogP contribution >= 0.6 is 23.2 Å². The first-order chi connectivity index (χ1) is 9.98. The van der Waals surface area contributed by atoms with E-state index in [1.165, 1.54) is 25.7 Å². The normalized spacial score (nSPS) is 18.7. The standard InChI is InChI=1S/C16H23Cl2NO2/c1-16(6-2-3-7-16)11-19-9-13(20)10-21-15-8-12(17)4-5-14(15)18/h4-5,8,13,19-20H,2-3,6-7,9-11H2,1H3. The molecule has 0 heterocycles. The molecule has 1 saturated carbocycles. The van der Waals surface area contributed by atoms with Crippen molar-refractivity contribution in [1.29, 1.82) is 0 Å². The van der Waals surface area contributed by atoms with Gasteiger partial charge >= 0.3 is 0 Å². The van der Waals surface area contributed by atoms with Crippen molar-refractivity contribution < 1.29 is 9.84 Å². The molecule has 1 fully saturated rings. The van der Waals surface area contributed by atoms with Crippen LogP contribution in [-0.2, 0) is 0 Å². The van der Waals surface area contributed by atoms with Crippen LogP contribution < -0.4 is 10.1 Å². The second-order valence-electron chi connectivity index (χ2n) is 6.19. The van der Waals surface area contributed by atoms with Gasteiger partial charge in [-0.1, -0.05) is 43.0 Å². The number of hydrogen-bond donors (Lipinski definition) is 2. The molecule has 0 radical (unpaired) electrons. The number of aliphatic hydroxyl groups is 1. The number of rotatable bonds is 7. The van der Waals surface area contributed by atoms with Crippen molar-refractivity contribution in [2.45, 2.75) is 38.7 Å². The van der Waals surface area contributed by atoms with Gasteiger partial charge in [-0.3, -0.25) is 0 Å². The summed E-state index contributed by atoms with van der Waals surface area (Å²) in [6.07, 6.45) is 4.61. The minimum absolute atomic E-state index is 0.198. The van der Waals surface area contributed by atoms with Crippen molar-refractivity contribution in [3.05, 3.63) is 28.2 Å². The van der Waals surface area contributed by atoms with Crippen molar-refractivity contribution in [3.63, 3.8) is 0 Å². The predicted octanol–water partition coefficient (Wildman–Crippen LogP) is 3.90. The Morgan fingerprint density at radius 1 is 1.33 bits per heavy atom. The summed E-state index contributed by atoms with van der Waals surface area (Å²) in [5, 5.41) is 14.4. The lowest BCUT2D eigenvalue weighted by Gasteiger charge is -2.24. The molecule has 3 nitrogen and oxygen atoms in total. The lowest BCUT2D eigenvalue weighted by molar-refractivity contribution is 0.103. The Morgan fingerprint density at radius 3 is 2.76 bits per heavy atom. The van der Waals surface area contributed by atoms with Gasteiger partial charge in [-0.05, 0) is 30.4 Å². The van der Waals surface area contributed by atoms with Crippen LogP contribution in [0, 0.1) is 5.41 Å². The second kappa shape index (κ2) is 7.68. The molecule has 118 valence electrons. The predicted molar refractivity (Wildman–Crippen MR) is 87.4 cm³/mol. The molecule has 2 rings (SSSR count). The average Bonchev–Trinajstić information content (AvgIpc) is 2.87. The van der Waals surface area contributed by atoms with Crippen molar-refractivity contribution in [2.24, 2.45) is 5.41 Å². The highest BCUT2D eigenvalue weighted by molar-refractivity contribution is 6.34. The Balaban J connectivity index is 1.69. The van der Waals surface area contributed by atoms with Gasteiger partial charge < -0.3 is 15.2 Å². The molecule has 0 aromatic heterocycles. The molecule has 1 aromatic carbocycles. The van der Waals surface area contributed by atoms with E-state index in [2.05, 4.69) is 12.2 Å². The molecule has 21 heavy (non-hydrogen) atoms. The zero-order chi connectivity index (χ0) is 15.3. The van der Waals surface area contributed by atoms with Gasteiger partial charge in [0.15, 0.2) is 0 Å². The van der Waals surface area contributed by atoms with E-state index in [1.54, 1.807) is 18.2 Å². The highest BCUT2D eigenvalue weighted by atomic mass is 35.5. The molecule has 1 aromatic rings. The van der Waals surface area contributed by atoms with Gasteiger partial charge in [0.2, 0.25) is 0 Å². The summed E-state index contributed by atoms with van der Waals surface area (Å²) in [6, 6.07) is 5.05. The number of nitrogens with one attached hydrogen (secondary N) is 1. The van der Waals surface area contributed by atoms with Crippen molar-refractivity contribution >= 4 is 23.2 Å². The van der Waals surface area contributed by atoms with Crippen molar-refractivity contribution in [1.82, 2.24) is 5.32 Å². The van der Waals surface area contributed by atoms with E-state index in [-0.39, 0.29) is 6.61 Å². The van der Waals surface area contributed by atoms with Crippen LogP contribution in [0.4, 0.5) is 0 Å². The number of halogens is 2. The molecule has 0 saturated heterocycles. The van der Waals surface area contributed by atoms with Gasteiger partial charge in [0.25, 0.3) is 0 Å². The molecule has 0 amide bonds. The fourth-order valence-corrected chi connectivity index (χ4v) is 3.11. The van der Waals surface area contributed by atoms with Crippen LogP contribution in [0.5, 0.6) is 5.75 Å². The van der Waals surface area contributed by atoms with Crippen LogP contribution in [-0.4, -0.2) is 30.9 Å². The van der Waals surface area contributed by atoms with Crippen LogP contribution in [0.15, 0.2) is 18.2 Å². The first kappa shape index (κ1) is 16.9. The Hall–Kier alpha value is -0.480. The fraction of sp³-hybridized carbons (Fsp3) is 0.625. The summed E-state index contributed by atoms with van der Waals surface area (Å²) in [7, 11) is 0.